The first kappa shape index (κ1) is 18.3. The minimum Gasteiger partial charge on any atom is -0.481 e. The molecule has 118 valence electrons. The van der Waals surface area contributed by atoms with E-state index in [-0.39, 0.29) is 11.3 Å². The monoisotopic (exact) mass is 375 g/mol. The molecule has 3 nitrogen and oxygen atoms in total. The van der Waals surface area contributed by atoms with E-state index in [4.69, 9.17) is 16.3 Å². The number of ether oxygens (including phenoxy) is 1. The van der Waals surface area contributed by atoms with Gasteiger partial charge in [-0.3, -0.25) is 4.79 Å². The maximum absolute atomic E-state index is 12.1. The highest BCUT2D eigenvalue weighted by atomic mass is 79.9. The van der Waals surface area contributed by atoms with Gasteiger partial charge in [-0.1, -0.05) is 47.4 Å². The van der Waals surface area contributed by atoms with Crippen molar-refractivity contribution in [2.45, 2.75) is 39.7 Å². The first-order valence-corrected chi connectivity index (χ1v) is 8.72. The summed E-state index contributed by atoms with van der Waals surface area (Å²) in [6.07, 6.45) is 1.47. The largest absolute Gasteiger partial charge is 0.481 e. The molecule has 0 radical (unpaired) electrons. The Labute approximate surface area is 140 Å². The molecule has 1 rings (SSSR count). The lowest BCUT2D eigenvalue weighted by Gasteiger charge is -2.30. The van der Waals surface area contributed by atoms with Crippen LogP contribution in [-0.4, -0.2) is 23.9 Å². The smallest absolute Gasteiger partial charge is 0.260 e. The van der Waals surface area contributed by atoms with Crippen LogP contribution in [0.15, 0.2) is 24.3 Å². The molecule has 1 unspecified atom stereocenters. The summed E-state index contributed by atoms with van der Waals surface area (Å²) < 4.78 is 5.61. The van der Waals surface area contributed by atoms with E-state index < -0.39 is 6.10 Å². The van der Waals surface area contributed by atoms with Crippen LogP contribution in [0.2, 0.25) is 5.02 Å². The second-order valence-electron chi connectivity index (χ2n) is 5.28. The van der Waals surface area contributed by atoms with Crippen molar-refractivity contribution in [3.8, 4) is 5.75 Å². The molecule has 0 aliphatic carbocycles. The van der Waals surface area contributed by atoms with E-state index in [0.717, 1.165) is 18.2 Å². The van der Waals surface area contributed by atoms with E-state index in [1.807, 2.05) is 0 Å². The molecule has 1 aromatic rings. The van der Waals surface area contributed by atoms with Crippen molar-refractivity contribution in [2.75, 3.05) is 11.9 Å². The van der Waals surface area contributed by atoms with Crippen molar-refractivity contribution in [2.24, 2.45) is 5.41 Å². The summed E-state index contributed by atoms with van der Waals surface area (Å²) >= 11 is 9.44. The fourth-order valence-electron chi connectivity index (χ4n) is 1.95. The molecule has 0 aliphatic heterocycles. The van der Waals surface area contributed by atoms with Crippen LogP contribution in [0.25, 0.3) is 0 Å². The highest BCUT2D eigenvalue weighted by Gasteiger charge is 2.26. The Kier molecular flexibility index (Phi) is 7.53. The number of alkyl halides is 1. The van der Waals surface area contributed by atoms with Gasteiger partial charge in [0.15, 0.2) is 6.10 Å². The van der Waals surface area contributed by atoms with Crippen LogP contribution >= 0.6 is 27.5 Å². The Morgan fingerprint density at radius 2 is 2.10 bits per heavy atom. The van der Waals surface area contributed by atoms with E-state index >= 15 is 0 Å². The van der Waals surface area contributed by atoms with Gasteiger partial charge in [-0.15, -0.1) is 0 Å². The number of rotatable bonds is 8. The number of carbonyl (C=O) groups excluding carboxylic acids is 1. The van der Waals surface area contributed by atoms with E-state index in [9.17, 15) is 4.79 Å². The molecule has 0 spiro atoms. The molecule has 1 N–H and O–H groups in total. The van der Waals surface area contributed by atoms with Crippen molar-refractivity contribution >= 4 is 33.4 Å². The predicted octanol–water partition coefficient (Wildman–Crippen LogP) is 4.42. The average molecular weight is 377 g/mol. The van der Waals surface area contributed by atoms with Crippen LogP contribution in [0.3, 0.4) is 0 Å². The molecule has 1 amide bonds. The summed E-state index contributed by atoms with van der Waals surface area (Å²) in [5.74, 6) is 0.491. The third-order valence-electron chi connectivity index (χ3n) is 3.90. The number of hydrogen-bond acceptors (Lipinski definition) is 2. The van der Waals surface area contributed by atoms with Gasteiger partial charge in [-0.05, 0) is 43.4 Å². The van der Waals surface area contributed by atoms with Gasteiger partial charge in [0.25, 0.3) is 5.91 Å². The van der Waals surface area contributed by atoms with Gasteiger partial charge in [0, 0.05) is 16.9 Å². The van der Waals surface area contributed by atoms with Crippen LogP contribution in [0, 0.1) is 5.41 Å². The second-order valence-corrected chi connectivity index (χ2v) is 6.27. The lowest BCUT2D eigenvalue weighted by atomic mass is 9.84. The van der Waals surface area contributed by atoms with Gasteiger partial charge in [0.2, 0.25) is 0 Å². The van der Waals surface area contributed by atoms with Crippen LogP contribution in [-0.2, 0) is 4.79 Å². The Hall–Kier alpha value is -0.740. The number of hydrogen-bond donors (Lipinski definition) is 1. The minimum atomic E-state index is -0.551. The Morgan fingerprint density at radius 3 is 2.62 bits per heavy atom. The Bertz CT molecular complexity index is 455. The van der Waals surface area contributed by atoms with Gasteiger partial charge in [-0.25, -0.2) is 0 Å². The lowest BCUT2D eigenvalue weighted by molar-refractivity contribution is -0.127. The van der Waals surface area contributed by atoms with Crippen molar-refractivity contribution in [3.05, 3.63) is 29.3 Å². The van der Waals surface area contributed by atoms with Gasteiger partial charge >= 0.3 is 0 Å². The van der Waals surface area contributed by atoms with E-state index in [0.29, 0.717) is 17.3 Å². The summed E-state index contributed by atoms with van der Waals surface area (Å²) in [6, 6.07) is 7.06. The normalized spacial score (nSPS) is 12.8. The molecule has 0 heterocycles. The first-order valence-electron chi connectivity index (χ1n) is 7.22. The van der Waals surface area contributed by atoms with Gasteiger partial charge in [-0.2, -0.15) is 0 Å². The van der Waals surface area contributed by atoms with Crippen molar-refractivity contribution in [1.29, 1.82) is 0 Å². The maximum Gasteiger partial charge on any atom is 0.260 e. The van der Waals surface area contributed by atoms with E-state index in [2.05, 4.69) is 35.1 Å². The van der Waals surface area contributed by atoms with E-state index in [1.165, 1.54) is 0 Å². The lowest BCUT2D eigenvalue weighted by Crippen LogP contribution is -2.43. The topological polar surface area (TPSA) is 38.3 Å². The molecule has 0 bridgehead atoms. The molecule has 0 fully saturated rings. The molecule has 0 aliphatic rings. The van der Waals surface area contributed by atoms with E-state index in [1.54, 1.807) is 31.2 Å². The van der Waals surface area contributed by atoms with Crippen molar-refractivity contribution in [1.82, 2.24) is 5.32 Å². The van der Waals surface area contributed by atoms with Gasteiger partial charge in [0.05, 0.1) is 0 Å². The molecule has 21 heavy (non-hydrogen) atoms. The van der Waals surface area contributed by atoms with Gasteiger partial charge < -0.3 is 10.1 Å². The molecular formula is C16H23BrClNO2. The zero-order valence-electron chi connectivity index (χ0n) is 12.8. The van der Waals surface area contributed by atoms with Crippen LogP contribution in [0.5, 0.6) is 5.75 Å². The SMILES string of the molecule is CCC(CC)(CBr)CNC(=O)C(C)Oc1cccc(Cl)c1. The fourth-order valence-corrected chi connectivity index (χ4v) is 3.12. The van der Waals surface area contributed by atoms with Crippen LogP contribution in [0.1, 0.15) is 33.6 Å². The summed E-state index contributed by atoms with van der Waals surface area (Å²) in [5.41, 5.74) is 0.103. The number of halogens is 2. The molecule has 0 aromatic heterocycles. The van der Waals surface area contributed by atoms with Gasteiger partial charge in [0.1, 0.15) is 5.75 Å². The fraction of sp³-hybridized carbons (Fsp3) is 0.562. The zero-order valence-corrected chi connectivity index (χ0v) is 15.1. The number of nitrogens with one attached hydrogen (secondary N) is 1. The van der Waals surface area contributed by atoms with Crippen molar-refractivity contribution in [3.63, 3.8) is 0 Å². The number of amides is 1. The third-order valence-corrected chi connectivity index (χ3v) is 5.32. The summed E-state index contributed by atoms with van der Waals surface area (Å²) in [5, 5.41) is 4.45. The standard InChI is InChI=1S/C16H23BrClNO2/c1-4-16(5-2,10-17)11-19-15(20)12(3)21-14-8-6-7-13(18)9-14/h6-9,12H,4-5,10-11H2,1-3H3,(H,19,20). The van der Waals surface area contributed by atoms with Crippen LogP contribution < -0.4 is 10.1 Å². The average Bonchev–Trinajstić information content (AvgIpc) is 2.49. The first-order chi connectivity index (χ1) is 9.96. The molecule has 0 saturated carbocycles. The maximum atomic E-state index is 12.1. The Balaban J connectivity index is 2.55. The Morgan fingerprint density at radius 1 is 1.43 bits per heavy atom. The summed E-state index contributed by atoms with van der Waals surface area (Å²) in [6.45, 7) is 6.67. The highest BCUT2D eigenvalue weighted by molar-refractivity contribution is 9.09. The molecular weight excluding hydrogens is 354 g/mol. The zero-order chi connectivity index (χ0) is 15.9. The summed E-state index contributed by atoms with van der Waals surface area (Å²) in [7, 11) is 0. The third kappa shape index (κ3) is 5.51. The molecule has 1 aromatic carbocycles. The summed E-state index contributed by atoms with van der Waals surface area (Å²) in [4.78, 5) is 12.1. The number of benzene rings is 1. The molecule has 1 atom stereocenters. The van der Waals surface area contributed by atoms with Crippen LogP contribution in [0.4, 0.5) is 0 Å². The van der Waals surface area contributed by atoms with Crippen molar-refractivity contribution < 1.29 is 9.53 Å². The highest BCUT2D eigenvalue weighted by Crippen LogP contribution is 2.27. The number of carbonyl (C=O) groups is 1. The minimum absolute atomic E-state index is 0.103. The quantitative estimate of drug-likeness (QED) is 0.682. The predicted molar refractivity (Wildman–Crippen MR) is 91.4 cm³/mol. The second kappa shape index (κ2) is 8.64. The molecule has 5 heteroatoms. The molecule has 0 saturated heterocycles.